The van der Waals surface area contributed by atoms with E-state index in [9.17, 15) is 8.42 Å². The van der Waals surface area contributed by atoms with Crippen LogP contribution in [0.2, 0.25) is 0 Å². The summed E-state index contributed by atoms with van der Waals surface area (Å²) >= 11 is 0. The first-order valence-corrected chi connectivity index (χ1v) is 9.03. The molecule has 8 heteroatoms. The molecule has 2 saturated heterocycles. The lowest BCUT2D eigenvalue weighted by Gasteiger charge is -2.38. The lowest BCUT2D eigenvalue weighted by atomic mass is 9.92. The molecule has 2 aliphatic heterocycles. The van der Waals surface area contributed by atoms with Gasteiger partial charge in [0.05, 0.1) is 23.8 Å². The Bertz CT molecular complexity index is 600. The zero-order valence-corrected chi connectivity index (χ0v) is 13.2. The van der Waals surface area contributed by atoms with E-state index in [0.29, 0.717) is 31.3 Å². The summed E-state index contributed by atoms with van der Waals surface area (Å²) < 4.78 is 37.6. The molecule has 0 unspecified atom stereocenters. The number of hydrogen-bond acceptors (Lipinski definition) is 6. The fourth-order valence-electron chi connectivity index (χ4n) is 3.25. The minimum Gasteiger partial charge on any atom is -0.376 e. The van der Waals surface area contributed by atoms with E-state index in [1.54, 1.807) is 11.2 Å². The molecule has 7 nitrogen and oxygen atoms in total. The maximum absolute atomic E-state index is 12.5. The molecule has 0 saturated carbocycles. The smallest absolute Gasteiger partial charge is 0.231 e. The maximum Gasteiger partial charge on any atom is 0.231 e. The van der Waals surface area contributed by atoms with Gasteiger partial charge in [-0.25, -0.2) is 8.42 Å². The van der Waals surface area contributed by atoms with Gasteiger partial charge >= 0.3 is 0 Å². The number of rotatable bonds is 4. The van der Waals surface area contributed by atoms with Crippen molar-refractivity contribution in [3.05, 3.63) is 11.7 Å². The highest BCUT2D eigenvalue weighted by Gasteiger charge is 2.46. The Hall–Kier alpha value is -0.990. The van der Waals surface area contributed by atoms with Gasteiger partial charge in [-0.15, -0.1) is 0 Å². The maximum atomic E-state index is 12.5. The lowest BCUT2D eigenvalue weighted by molar-refractivity contribution is 0.0418. The molecule has 0 amide bonds. The van der Waals surface area contributed by atoms with Crippen molar-refractivity contribution in [3.63, 3.8) is 0 Å². The number of aryl methyl sites for hydroxylation is 1. The van der Waals surface area contributed by atoms with Crippen molar-refractivity contribution in [2.24, 2.45) is 0 Å². The average molecular weight is 315 g/mol. The van der Waals surface area contributed by atoms with Gasteiger partial charge in [-0.05, 0) is 26.2 Å². The molecule has 3 atom stereocenters. The number of sulfonamides is 1. The van der Waals surface area contributed by atoms with Gasteiger partial charge in [0.15, 0.2) is 5.82 Å². The van der Waals surface area contributed by atoms with E-state index in [-0.39, 0.29) is 23.8 Å². The number of hydrogen-bond donors (Lipinski definition) is 0. The first kappa shape index (κ1) is 14.9. The third-order valence-corrected chi connectivity index (χ3v) is 6.23. The monoisotopic (exact) mass is 315 g/mol. The average Bonchev–Trinajstić information content (AvgIpc) is 3.05. The second-order valence-electron chi connectivity index (χ2n) is 5.76. The quantitative estimate of drug-likeness (QED) is 0.826. The van der Waals surface area contributed by atoms with E-state index in [4.69, 9.17) is 9.26 Å². The Morgan fingerprint density at radius 3 is 2.90 bits per heavy atom. The summed E-state index contributed by atoms with van der Waals surface area (Å²) in [6.07, 6.45) is 2.05. The molecule has 118 valence electrons. The highest BCUT2D eigenvalue weighted by atomic mass is 32.2. The molecule has 2 aliphatic rings. The van der Waals surface area contributed by atoms with Crippen molar-refractivity contribution < 1.29 is 17.7 Å². The predicted octanol–water partition coefficient (Wildman–Crippen LogP) is 1.06. The molecule has 0 bridgehead atoms. The predicted molar refractivity (Wildman–Crippen MR) is 75.3 cm³/mol. The second kappa shape index (κ2) is 5.66. The van der Waals surface area contributed by atoms with Crippen LogP contribution >= 0.6 is 0 Å². The van der Waals surface area contributed by atoms with E-state index < -0.39 is 10.0 Å². The minimum atomic E-state index is -3.26. The SMILES string of the molecule is CCCS(=O)(=O)N1C[C@H](c2nc(C)no2)C[C@@H]2OCC[C@@H]21. The van der Waals surface area contributed by atoms with Gasteiger partial charge in [-0.1, -0.05) is 12.1 Å². The second-order valence-corrected chi connectivity index (χ2v) is 7.80. The van der Waals surface area contributed by atoms with Crippen LogP contribution in [-0.4, -0.2) is 53.9 Å². The van der Waals surface area contributed by atoms with Crippen molar-refractivity contribution in [1.82, 2.24) is 14.4 Å². The number of fused-ring (bicyclic) bond motifs is 1. The van der Waals surface area contributed by atoms with Gasteiger partial charge < -0.3 is 9.26 Å². The molecule has 3 rings (SSSR count). The van der Waals surface area contributed by atoms with Crippen molar-refractivity contribution in [2.45, 2.75) is 51.2 Å². The lowest BCUT2D eigenvalue weighted by Crippen LogP contribution is -2.51. The largest absolute Gasteiger partial charge is 0.376 e. The Kier molecular flexibility index (Phi) is 4.02. The third kappa shape index (κ3) is 2.84. The standard InChI is InChI=1S/C13H21N3O4S/c1-3-6-21(17,18)16-8-10(13-14-9(2)15-20-13)7-12-11(16)4-5-19-12/h10-12H,3-8H2,1-2H3/t10-,11+,12+/m1/s1. The van der Waals surface area contributed by atoms with Crippen LogP contribution in [0.4, 0.5) is 0 Å². The Balaban J connectivity index is 1.87. The summed E-state index contributed by atoms with van der Waals surface area (Å²) in [5.74, 6) is 1.17. The minimum absolute atomic E-state index is 0.0400. The van der Waals surface area contributed by atoms with Crippen molar-refractivity contribution in [2.75, 3.05) is 18.9 Å². The number of ether oxygens (including phenoxy) is 1. The normalized spacial score (nSPS) is 30.5. The molecule has 0 spiro atoms. The van der Waals surface area contributed by atoms with Gasteiger partial charge in [-0.3, -0.25) is 0 Å². The molecular weight excluding hydrogens is 294 g/mol. The summed E-state index contributed by atoms with van der Waals surface area (Å²) in [4.78, 5) is 4.26. The fourth-order valence-corrected chi connectivity index (χ4v) is 5.06. The molecule has 0 N–H and O–H groups in total. The first-order chi connectivity index (χ1) is 10.0. The van der Waals surface area contributed by atoms with Gasteiger partial charge in [0.1, 0.15) is 0 Å². The Morgan fingerprint density at radius 2 is 2.24 bits per heavy atom. The van der Waals surface area contributed by atoms with E-state index in [1.165, 1.54) is 0 Å². The van der Waals surface area contributed by atoms with Crippen LogP contribution in [0.3, 0.4) is 0 Å². The van der Waals surface area contributed by atoms with Crippen LogP contribution in [0.15, 0.2) is 4.52 Å². The van der Waals surface area contributed by atoms with Crippen LogP contribution in [0.1, 0.15) is 43.8 Å². The van der Waals surface area contributed by atoms with Crippen LogP contribution in [0, 0.1) is 6.92 Å². The zero-order chi connectivity index (χ0) is 15.0. The molecule has 21 heavy (non-hydrogen) atoms. The number of piperidine rings is 1. The summed E-state index contributed by atoms with van der Waals surface area (Å²) in [5.41, 5.74) is 0. The molecule has 0 radical (unpaired) electrons. The molecule has 0 aromatic carbocycles. The van der Waals surface area contributed by atoms with Gasteiger partial charge in [0.25, 0.3) is 0 Å². The Labute approximate surface area is 124 Å². The third-order valence-electron chi connectivity index (χ3n) is 4.17. The molecule has 1 aromatic rings. The van der Waals surface area contributed by atoms with Gasteiger partial charge in [-0.2, -0.15) is 9.29 Å². The van der Waals surface area contributed by atoms with Gasteiger partial charge in [0.2, 0.25) is 15.9 Å². The van der Waals surface area contributed by atoms with E-state index in [1.807, 2.05) is 6.92 Å². The van der Waals surface area contributed by atoms with E-state index in [0.717, 1.165) is 12.8 Å². The van der Waals surface area contributed by atoms with Crippen LogP contribution in [0.25, 0.3) is 0 Å². The molecule has 3 heterocycles. The molecular formula is C13H21N3O4S. The molecule has 1 aromatic heterocycles. The highest BCUT2D eigenvalue weighted by Crippen LogP contribution is 2.37. The summed E-state index contributed by atoms with van der Waals surface area (Å²) in [5, 5.41) is 3.81. The topological polar surface area (TPSA) is 85.5 Å². The first-order valence-electron chi connectivity index (χ1n) is 7.42. The fraction of sp³-hybridized carbons (Fsp3) is 0.846. The van der Waals surface area contributed by atoms with Crippen molar-refractivity contribution in [3.8, 4) is 0 Å². The molecule has 0 aliphatic carbocycles. The summed E-state index contributed by atoms with van der Waals surface area (Å²) in [6.45, 7) is 4.66. The summed E-state index contributed by atoms with van der Waals surface area (Å²) in [7, 11) is -3.26. The Morgan fingerprint density at radius 1 is 1.43 bits per heavy atom. The van der Waals surface area contributed by atoms with E-state index >= 15 is 0 Å². The van der Waals surface area contributed by atoms with Crippen molar-refractivity contribution in [1.29, 1.82) is 0 Å². The summed E-state index contributed by atoms with van der Waals surface area (Å²) in [6, 6.07) is -0.0400. The van der Waals surface area contributed by atoms with E-state index in [2.05, 4.69) is 10.1 Å². The zero-order valence-electron chi connectivity index (χ0n) is 12.4. The van der Waals surface area contributed by atoms with Crippen molar-refractivity contribution >= 4 is 10.0 Å². The number of nitrogens with zero attached hydrogens (tertiary/aromatic N) is 3. The highest BCUT2D eigenvalue weighted by molar-refractivity contribution is 7.89. The van der Waals surface area contributed by atoms with Gasteiger partial charge in [0, 0.05) is 13.2 Å². The molecule has 2 fully saturated rings. The van der Waals surface area contributed by atoms with Crippen LogP contribution in [-0.2, 0) is 14.8 Å². The van der Waals surface area contributed by atoms with Crippen LogP contribution in [0.5, 0.6) is 0 Å². The van der Waals surface area contributed by atoms with Crippen LogP contribution < -0.4 is 0 Å². The number of aromatic nitrogens is 2.